The highest BCUT2D eigenvalue weighted by molar-refractivity contribution is 6.77. The lowest BCUT2D eigenvalue weighted by Crippen LogP contribution is -2.49. The molecule has 0 bridgehead atoms. The average Bonchev–Trinajstić information content (AvgIpc) is 2.69. The van der Waals surface area contributed by atoms with Gasteiger partial charge < -0.3 is 28.2 Å². The molecule has 0 heterocycles. The van der Waals surface area contributed by atoms with E-state index in [0.29, 0.717) is 30.5 Å². The van der Waals surface area contributed by atoms with E-state index >= 15 is 0 Å². The molecule has 1 aromatic carbocycles. The number of hydrogen-bond acceptors (Lipinski definition) is 6. The predicted octanol–water partition coefficient (Wildman–Crippen LogP) is 4.91. The minimum absolute atomic E-state index is 0.118. The molecule has 194 valence electrons. The largest absolute Gasteiger partial charge is 0.493 e. The maximum atomic E-state index is 12.2. The Morgan fingerprint density at radius 1 is 0.941 bits per heavy atom. The van der Waals surface area contributed by atoms with E-state index in [0.717, 1.165) is 28.3 Å². The van der Waals surface area contributed by atoms with Crippen LogP contribution in [0.4, 0.5) is 0 Å². The second-order valence-corrected chi connectivity index (χ2v) is 22.4. The Morgan fingerprint density at radius 3 is 2.03 bits per heavy atom. The van der Waals surface area contributed by atoms with Crippen molar-refractivity contribution in [2.75, 3.05) is 61.5 Å². The van der Waals surface area contributed by atoms with Gasteiger partial charge in [-0.2, -0.15) is 0 Å². The highest BCUT2D eigenvalue weighted by Gasteiger charge is 2.28. The van der Waals surface area contributed by atoms with E-state index in [9.17, 15) is 4.79 Å². The molecule has 0 radical (unpaired) electrons. The number of quaternary nitrogens is 1. The molecule has 0 spiro atoms. The summed E-state index contributed by atoms with van der Waals surface area (Å²) in [6.45, 7) is 12.8. The van der Waals surface area contributed by atoms with Crippen LogP contribution >= 0.6 is 0 Å². The number of carbonyl (C=O) groups excluding carboxylic acids is 1. The summed E-state index contributed by atoms with van der Waals surface area (Å²) in [5.41, 5.74) is 0.748. The van der Waals surface area contributed by atoms with Gasteiger partial charge in [-0.3, -0.25) is 0 Å². The highest BCUT2D eigenvalue weighted by atomic mass is 28.3. The van der Waals surface area contributed by atoms with Crippen LogP contribution < -0.4 is 14.2 Å². The van der Waals surface area contributed by atoms with E-state index in [1.54, 1.807) is 32.4 Å². The fraction of sp³-hybridized carbons (Fsp3) is 0.640. The molecule has 1 rings (SSSR count). The summed E-state index contributed by atoms with van der Waals surface area (Å²) < 4.78 is 28.8. The molecule has 7 nitrogen and oxygen atoms in total. The maximum Gasteiger partial charge on any atom is 0.330 e. The number of rotatable bonds is 15. The van der Waals surface area contributed by atoms with Crippen LogP contribution in [0.3, 0.4) is 0 Å². The topological polar surface area (TPSA) is 63.2 Å². The van der Waals surface area contributed by atoms with Gasteiger partial charge in [0.2, 0.25) is 5.75 Å². The molecule has 0 aliphatic carbocycles. The van der Waals surface area contributed by atoms with Gasteiger partial charge in [0.05, 0.1) is 48.1 Å². The van der Waals surface area contributed by atoms with Crippen LogP contribution in [0.2, 0.25) is 44.8 Å². The Morgan fingerprint density at radius 2 is 1.53 bits per heavy atom. The molecule has 0 unspecified atom stereocenters. The number of methoxy groups -OCH3 is 2. The molecular formula is C25H46NO6Si2+. The lowest BCUT2D eigenvalue weighted by Gasteiger charge is -2.32. The second-order valence-electron chi connectivity index (χ2n) is 11.6. The normalized spacial score (nSPS) is 12.6. The van der Waals surface area contributed by atoms with Crippen LogP contribution in [0.5, 0.6) is 17.2 Å². The summed E-state index contributed by atoms with van der Waals surface area (Å²) in [5.74, 6) is 1.13. The van der Waals surface area contributed by atoms with E-state index in [-0.39, 0.29) is 12.8 Å². The van der Waals surface area contributed by atoms with Gasteiger partial charge in [-0.15, -0.1) is 0 Å². The zero-order chi connectivity index (χ0) is 26.0. The van der Waals surface area contributed by atoms with Crippen LogP contribution in [-0.2, 0) is 14.3 Å². The smallest absolute Gasteiger partial charge is 0.330 e. The monoisotopic (exact) mass is 512 g/mol. The third-order valence-corrected chi connectivity index (χ3v) is 10.2. The van der Waals surface area contributed by atoms with Crippen LogP contribution in [0.1, 0.15) is 5.56 Å². The van der Waals surface area contributed by atoms with Gasteiger partial charge in [0, 0.05) is 20.8 Å². The summed E-state index contributed by atoms with van der Waals surface area (Å²) in [7, 11) is 7.14. The second kappa shape index (κ2) is 13.3. The van der Waals surface area contributed by atoms with Gasteiger partial charge in [-0.05, 0) is 35.9 Å². The van der Waals surface area contributed by atoms with Gasteiger partial charge in [0.25, 0.3) is 0 Å². The number of ether oxygens (including phenoxy) is 5. The van der Waals surface area contributed by atoms with Crippen molar-refractivity contribution in [2.45, 2.75) is 44.8 Å². The minimum atomic E-state index is -1.43. The van der Waals surface area contributed by atoms with Crippen LogP contribution in [0.15, 0.2) is 18.2 Å². The molecule has 0 N–H and O–H groups in total. The molecule has 0 amide bonds. The van der Waals surface area contributed by atoms with Crippen LogP contribution in [-0.4, -0.2) is 88.1 Å². The van der Waals surface area contributed by atoms with E-state index in [1.807, 2.05) is 0 Å². The molecule has 0 saturated carbocycles. The quantitative estimate of drug-likeness (QED) is 0.0831. The van der Waals surface area contributed by atoms with Crippen molar-refractivity contribution in [3.8, 4) is 17.2 Å². The molecular weight excluding hydrogens is 466 g/mol. The third kappa shape index (κ3) is 12.6. The molecule has 9 heteroatoms. The van der Waals surface area contributed by atoms with Gasteiger partial charge in [0.1, 0.15) is 8.07 Å². The molecule has 0 atom stereocenters. The maximum absolute atomic E-state index is 12.2. The SMILES string of the molecule is COc1cc(/C=C/C(=O)OCC[Si](C)(C)C[N+](C)(C)C)cc(OC)c1OCOCC[Si](C)(C)C. The van der Waals surface area contributed by atoms with E-state index in [1.165, 1.54) is 6.08 Å². The zero-order valence-corrected chi connectivity index (χ0v) is 24.9. The van der Waals surface area contributed by atoms with E-state index in [2.05, 4.69) is 53.9 Å². The highest BCUT2D eigenvalue weighted by Crippen LogP contribution is 2.39. The Bertz CT molecular complexity index is 788. The first-order valence-corrected chi connectivity index (χ1v) is 18.9. The molecule has 1 aromatic rings. The summed E-state index contributed by atoms with van der Waals surface area (Å²) >= 11 is 0. The first-order valence-electron chi connectivity index (χ1n) is 11.8. The molecule has 0 aromatic heterocycles. The summed E-state index contributed by atoms with van der Waals surface area (Å²) in [6.07, 6.45) is 4.26. The number of nitrogens with zero attached hydrogens (tertiary/aromatic N) is 1. The first kappa shape index (κ1) is 30.2. The number of carbonyl (C=O) groups is 1. The lowest BCUT2D eigenvalue weighted by atomic mass is 10.1. The Labute approximate surface area is 208 Å². The number of esters is 1. The number of benzene rings is 1. The van der Waals surface area contributed by atoms with E-state index < -0.39 is 16.1 Å². The lowest BCUT2D eigenvalue weighted by molar-refractivity contribution is -0.860. The van der Waals surface area contributed by atoms with Crippen molar-refractivity contribution < 1.29 is 33.0 Å². The predicted molar refractivity (Wildman–Crippen MR) is 144 cm³/mol. The minimum Gasteiger partial charge on any atom is -0.493 e. The molecule has 0 fully saturated rings. The van der Waals surface area contributed by atoms with Gasteiger partial charge in [0.15, 0.2) is 18.3 Å². The van der Waals surface area contributed by atoms with Crippen molar-refractivity contribution in [2.24, 2.45) is 0 Å². The fourth-order valence-electron chi connectivity index (χ4n) is 3.68. The van der Waals surface area contributed by atoms with Crippen molar-refractivity contribution in [1.29, 1.82) is 0 Å². The standard InChI is InChI=1S/C25H46NO6Si2/c1-26(2,3)19-34(9,10)16-14-31-24(27)12-11-21-17-22(28-4)25(23(18-21)29-5)32-20-30-13-15-33(6,7)8/h11-12,17-18H,13-16,19-20H2,1-10H3/q+1/b12-11+. The molecule has 34 heavy (non-hydrogen) atoms. The van der Waals surface area contributed by atoms with Crippen LogP contribution in [0, 0.1) is 0 Å². The summed E-state index contributed by atoms with van der Waals surface area (Å²) in [5, 5.41) is 0. The van der Waals surface area contributed by atoms with Gasteiger partial charge in [-0.1, -0.05) is 32.7 Å². The van der Waals surface area contributed by atoms with Crippen molar-refractivity contribution >= 4 is 28.2 Å². The van der Waals surface area contributed by atoms with Crippen molar-refractivity contribution in [3.63, 3.8) is 0 Å². The fourth-order valence-corrected chi connectivity index (χ4v) is 7.82. The Hall–Kier alpha value is -1.82. The zero-order valence-electron chi connectivity index (χ0n) is 22.9. The Kier molecular flexibility index (Phi) is 11.8. The van der Waals surface area contributed by atoms with Gasteiger partial charge in [-0.25, -0.2) is 4.79 Å². The van der Waals surface area contributed by atoms with Crippen molar-refractivity contribution in [3.05, 3.63) is 23.8 Å². The molecule has 0 saturated heterocycles. The molecule has 0 aliphatic heterocycles. The average molecular weight is 513 g/mol. The summed E-state index contributed by atoms with van der Waals surface area (Å²) in [6, 6.07) is 5.59. The van der Waals surface area contributed by atoms with Gasteiger partial charge >= 0.3 is 5.97 Å². The third-order valence-electron chi connectivity index (χ3n) is 5.10. The van der Waals surface area contributed by atoms with Crippen LogP contribution in [0.25, 0.3) is 6.08 Å². The van der Waals surface area contributed by atoms with E-state index in [4.69, 9.17) is 23.7 Å². The van der Waals surface area contributed by atoms with Crippen molar-refractivity contribution in [1.82, 2.24) is 0 Å². The summed E-state index contributed by atoms with van der Waals surface area (Å²) in [4.78, 5) is 12.2. The number of hydrogen-bond donors (Lipinski definition) is 0. The molecule has 0 aliphatic rings. The Balaban J connectivity index is 2.71. The first-order chi connectivity index (χ1) is 15.7.